The molecule has 20 heavy (non-hydrogen) atoms. The van der Waals surface area contributed by atoms with Crippen LogP contribution in [0.25, 0.3) is 0 Å². The van der Waals surface area contributed by atoms with Crippen LogP contribution < -0.4 is 0 Å². The van der Waals surface area contributed by atoms with Crippen LogP contribution in [0.1, 0.15) is 51.4 Å². The predicted octanol–water partition coefficient (Wildman–Crippen LogP) is 2.74. The number of ether oxygens (including phenoxy) is 1. The lowest BCUT2D eigenvalue weighted by atomic mass is 9.79. The second-order valence-electron chi connectivity index (χ2n) is 6.32. The van der Waals surface area contributed by atoms with Gasteiger partial charge >= 0.3 is 0 Å². The van der Waals surface area contributed by atoms with E-state index in [0.29, 0.717) is 12.5 Å². The number of likely N-dealkylation sites (tertiary alicyclic amines) is 1. The quantitative estimate of drug-likeness (QED) is 0.746. The van der Waals surface area contributed by atoms with Crippen LogP contribution in [0, 0.1) is 22.7 Å². The first kappa shape index (κ1) is 15.3. The molecule has 1 saturated carbocycles. The Kier molecular flexibility index (Phi) is 5.42. The van der Waals surface area contributed by atoms with Gasteiger partial charge in [-0.25, -0.2) is 0 Å². The molecule has 1 saturated heterocycles. The van der Waals surface area contributed by atoms with Gasteiger partial charge in [-0.05, 0) is 31.6 Å². The SMILES string of the molecule is COCC1CCCN(C(=O)C2(C#N)CCCCCC2)C1. The van der Waals surface area contributed by atoms with E-state index in [1.54, 1.807) is 7.11 Å². The number of nitrogens with zero attached hydrogens (tertiary/aromatic N) is 2. The minimum absolute atomic E-state index is 0.0858. The maximum Gasteiger partial charge on any atom is 0.243 e. The lowest BCUT2D eigenvalue weighted by Gasteiger charge is -2.37. The van der Waals surface area contributed by atoms with Crippen molar-refractivity contribution >= 4 is 5.91 Å². The zero-order valence-corrected chi connectivity index (χ0v) is 12.6. The van der Waals surface area contributed by atoms with Crippen molar-refractivity contribution < 1.29 is 9.53 Å². The Hall–Kier alpha value is -1.08. The zero-order valence-electron chi connectivity index (χ0n) is 12.6. The summed E-state index contributed by atoms with van der Waals surface area (Å²) in [6.45, 7) is 2.28. The largest absolute Gasteiger partial charge is 0.384 e. The highest BCUT2D eigenvalue weighted by Crippen LogP contribution is 2.37. The molecule has 0 bridgehead atoms. The third kappa shape index (κ3) is 3.32. The molecule has 112 valence electrons. The van der Waals surface area contributed by atoms with Crippen molar-refractivity contribution in [3.63, 3.8) is 0 Å². The zero-order chi connectivity index (χ0) is 14.4. The highest BCUT2D eigenvalue weighted by Gasteiger charge is 2.42. The van der Waals surface area contributed by atoms with Gasteiger partial charge in [-0.1, -0.05) is 25.7 Å². The molecule has 0 N–H and O–H groups in total. The van der Waals surface area contributed by atoms with Gasteiger partial charge in [0, 0.05) is 20.2 Å². The van der Waals surface area contributed by atoms with Crippen molar-refractivity contribution in [3.8, 4) is 6.07 Å². The Morgan fingerprint density at radius 3 is 2.60 bits per heavy atom. The van der Waals surface area contributed by atoms with Crippen LogP contribution in [0.4, 0.5) is 0 Å². The van der Waals surface area contributed by atoms with Gasteiger partial charge in [0.15, 0.2) is 0 Å². The molecule has 4 nitrogen and oxygen atoms in total. The van der Waals surface area contributed by atoms with E-state index in [0.717, 1.165) is 64.5 Å². The molecule has 1 amide bonds. The number of nitriles is 1. The maximum atomic E-state index is 12.9. The van der Waals surface area contributed by atoms with Crippen molar-refractivity contribution in [2.45, 2.75) is 51.4 Å². The molecule has 0 aromatic carbocycles. The lowest BCUT2D eigenvalue weighted by Crippen LogP contribution is -2.48. The average Bonchev–Trinajstić information content (AvgIpc) is 2.73. The Bertz CT molecular complexity index is 365. The van der Waals surface area contributed by atoms with E-state index in [2.05, 4.69) is 6.07 Å². The van der Waals surface area contributed by atoms with Gasteiger partial charge in [-0.15, -0.1) is 0 Å². The van der Waals surface area contributed by atoms with Crippen LogP contribution >= 0.6 is 0 Å². The summed E-state index contributed by atoms with van der Waals surface area (Å²) in [5.41, 5.74) is -0.745. The normalized spacial score (nSPS) is 26.6. The minimum Gasteiger partial charge on any atom is -0.384 e. The first-order valence-corrected chi connectivity index (χ1v) is 7.91. The summed E-state index contributed by atoms with van der Waals surface area (Å²) in [5, 5.41) is 9.61. The molecular weight excluding hydrogens is 252 g/mol. The van der Waals surface area contributed by atoms with Crippen molar-refractivity contribution in [1.29, 1.82) is 5.26 Å². The van der Waals surface area contributed by atoms with Gasteiger partial charge in [0.25, 0.3) is 0 Å². The molecule has 0 aromatic rings. The molecule has 1 heterocycles. The fourth-order valence-electron chi connectivity index (χ4n) is 3.63. The van der Waals surface area contributed by atoms with Gasteiger partial charge in [0.2, 0.25) is 5.91 Å². The second kappa shape index (κ2) is 7.08. The smallest absolute Gasteiger partial charge is 0.243 e. The van der Waals surface area contributed by atoms with Crippen molar-refractivity contribution in [2.24, 2.45) is 11.3 Å². The number of hydrogen-bond acceptors (Lipinski definition) is 3. The summed E-state index contributed by atoms with van der Waals surface area (Å²) >= 11 is 0. The molecule has 0 spiro atoms. The second-order valence-corrected chi connectivity index (χ2v) is 6.32. The Morgan fingerprint density at radius 2 is 2.00 bits per heavy atom. The van der Waals surface area contributed by atoms with E-state index in [9.17, 15) is 10.1 Å². The van der Waals surface area contributed by atoms with Gasteiger partial charge in [0.1, 0.15) is 5.41 Å². The average molecular weight is 278 g/mol. The van der Waals surface area contributed by atoms with Crippen LogP contribution in [-0.2, 0) is 9.53 Å². The van der Waals surface area contributed by atoms with E-state index in [4.69, 9.17) is 4.74 Å². The molecule has 2 aliphatic rings. The van der Waals surface area contributed by atoms with Crippen LogP contribution in [0.15, 0.2) is 0 Å². The molecule has 0 radical (unpaired) electrons. The van der Waals surface area contributed by atoms with E-state index in [1.165, 1.54) is 0 Å². The summed E-state index contributed by atoms with van der Waals surface area (Å²) in [7, 11) is 1.71. The highest BCUT2D eigenvalue weighted by atomic mass is 16.5. The topological polar surface area (TPSA) is 53.3 Å². The number of hydrogen-bond donors (Lipinski definition) is 0. The molecule has 1 unspecified atom stereocenters. The molecule has 1 atom stereocenters. The van der Waals surface area contributed by atoms with Crippen molar-refractivity contribution in [3.05, 3.63) is 0 Å². The number of carbonyl (C=O) groups excluding carboxylic acids is 1. The first-order valence-electron chi connectivity index (χ1n) is 7.91. The standard InChI is InChI=1S/C16H26N2O2/c1-20-12-14-7-6-10-18(11-14)15(19)16(13-17)8-4-2-3-5-9-16/h14H,2-12H2,1H3. The molecule has 1 aliphatic heterocycles. The summed E-state index contributed by atoms with van der Waals surface area (Å²) < 4.78 is 5.22. The maximum absolute atomic E-state index is 12.9. The summed E-state index contributed by atoms with van der Waals surface area (Å²) in [6, 6.07) is 2.38. The summed E-state index contributed by atoms with van der Waals surface area (Å²) in [6.07, 6.45) is 7.97. The monoisotopic (exact) mass is 278 g/mol. The van der Waals surface area contributed by atoms with Crippen LogP contribution in [0.3, 0.4) is 0 Å². The molecular formula is C16H26N2O2. The van der Waals surface area contributed by atoms with Crippen LogP contribution in [-0.4, -0.2) is 37.6 Å². The van der Waals surface area contributed by atoms with E-state index in [-0.39, 0.29) is 5.91 Å². The van der Waals surface area contributed by atoms with E-state index >= 15 is 0 Å². The Balaban J connectivity index is 2.05. The fraction of sp³-hybridized carbons (Fsp3) is 0.875. The third-order valence-electron chi connectivity index (χ3n) is 4.79. The minimum atomic E-state index is -0.745. The molecule has 0 aromatic heterocycles. The van der Waals surface area contributed by atoms with Gasteiger partial charge in [0.05, 0.1) is 12.7 Å². The van der Waals surface area contributed by atoms with Gasteiger partial charge < -0.3 is 9.64 Å². The highest BCUT2D eigenvalue weighted by molar-refractivity contribution is 5.85. The van der Waals surface area contributed by atoms with Gasteiger partial charge in [-0.2, -0.15) is 5.26 Å². The Labute approximate surface area is 122 Å². The molecule has 2 fully saturated rings. The number of carbonyl (C=O) groups is 1. The summed E-state index contributed by atoms with van der Waals surface area (Å²) in [5.74, 6) is 0.516. The van der Waals surface area contributed by atoms with Gasteiger partial charge in [-0.3, -0.25) is 4.79 Å². The summed E-state index contributed by atoms with van der Waals surface area (Å²) in [4.78, 5) is 14.8. The van der Waals surface area contributed by atoms with Crippen molar-refractivity contribution in [1.82, 2.24) is 4.90 Å². The number of rotatable bonds is 3. The van der Waals surface area contributed by atoms with E-state index < -0.39 is 5.41 Å². The molecule has 2 rings (SSSR count). The first-order chi connectivity index (χ1) is 9.72. The van der Waals surface area contributed by atoms with Crippen LogP contribution in [0.5, 0.6) is 0 Å². The van der Waals surface area contributed by atoms with Crippen molar-refractivity contribution in [2.75, 3.05) is 26.8 Å². The fourth-order valence-corrected chi connectivity index (χ4v) is 3.63. The Morgan fingerprint density at radius 1 is 1.30 bits per heavy atom. The molecule has 4 heteroatoms. The number of methoxy groups -OCH3 is 1. The number of piperidine rings is 1. The third-order valence-corrected chi connectivity index (χ3v) is 4.79. The number of amides is 1. The van der Waals surface area contributed by atoms with Crippen LogP contribution in [0.2, 0.25) is 0 Å². The molecule has 1 aliphatic carbocycles. The predicted molar refractivity (Wildman–Crippen MR) is 76.9 cm³/mol. The lowest BCUT2D eigenvalue weighted by molar-refractivity contribution is -0.142. The van der Waals surface area contributed by atoms with E-state index in [1.807, 2.05) is 4.90 Å².